The van der Waals surface area contributed by atoms with Gasteiger partial charge in [0.25, 0.3) is 0 Å². The average molecular weight is 263 g/mol. The van der Waals surface area contributed by atoms with Gasteiger partial charge in [-0.25, -0.2) is 0 Å². The molecule has 0 unspecified atom stereocenters. The summed E-state index contributed by atoms with van der Waals surface area (Å²) < 4.78 is 11.2. The molecule has 0 atom stereocenters. The van der Waals surface area contributed by atoms with E-state index in [0.717, 1.165) is 18.7 Å². The molecule has 1 aliphatic rings. The van der Waals surface area contributed by atoms with Crippen LogP contribution in [0, 0.1) is 0 Å². The average Bonchev–Trinajstić information content (AvgIpc) is 2.61. The van der Waals surface area contributed by atoms with Crippen molar-refractivity contribution in [3.63, 3.8) is 0 Å². The number of benzene rings is 1. The maximum Gasteiger partial charge on any atom is 0.182 e. The minimum Gasteiger partial charge on any atom is -0.490 e. The van der Waals surface area contributed by atoms with Gasteiger partial charge in [-0.2, -0.15) is 0 Å². The standard InChI is InChI=1S/C15H21NO3/c1-4-16-15(2,3)14(17)11-6-7-12-13(10-11)19-9-5-8-18-12/h6-7,10,16H,4-5,8-9H2,1-3H3. The predicted molar refractivity (Wildman–Crippen MR) is 74.1 cm³/mol. The van der Waals surface area contributed by atoms with E-state index in [1.165, 1.54) is 0 Å². The van der Waals surface area contributed by atoms with E-state index in [1.807, 2.05) is 26.8 Å². The van der Waals surface area contributed by atoms with E-state index >= 15 is 0 Å². The number of rotatable bonds is 4. The van der Waals surface area contributed by atoms with Gasteiger partial charge in [-0.05, 0) is 38.6 Å². The number of nitrogens with one attached hydrogen (secondary N) is 1. The van der Waals surface area contributed by atoms with Gasteiger partial charge in [-0.1, -0.05) is 6.92 Å². The van der Waals surface area contributed by atoms with Crippen molar-refractivity contribution in [1.82, 2.24) is 5.32 Å². The number of hydrogen-bond donors (Lipinski definition) is 1. The van der Waals surface area contributed by atoms with Crippen LogP contribution in [-0.2, 0) is 0 Å². The Hall–Kier alpha value is -1.55. The summed E-state index contributed by atoms with van der Waals surface area (Å²) in [5.41, 5.74) is 0.0735. The molecule has 1 aromatic carbocycles. The van der Waals surface area contributed by atoms with Crippen molar-refractivity contribution < 1.29 is 14.3 Å². The van der Waals surface area contributed by atoms with Crippen LogP contribution in [0.3, 0.4) is 0 Å². The van der Waals surface area contributed by atoms with Crippen LogP contribution in [0.1, 0.15) is 37.6 Å². The summed E-state index contributed by atoms with van der Waals surface area (Å²) in [4.78, 5) is 12.5. The summed E-state index contributed by atoms with van der Waals surface area (Å²) in [6.45, 7) is 7.81. The molecule has 2 rings (SSSR count). The minimum atomic E-state index is -0.575. The molecule has 0 radical (unpaired) electrons. The van der Waals surface area contributed by atoms with E-state index in [4.69, 9.17) is 9.47 Å². The van der Waals surface area contributed by atoms with Crippen LogP contribution in [0.15, 0.2) is 18.2 Å². The second-order valence-corrected chi connectivity index (χ2v) is 5.20. The first-order valence-corrected chi connectivity index (χ1v) is 6.74. The van der Waals surface area contributed by atoms with Gasteiger partial charge in [-0.15, -0.1) is 0 Å². The third kappa shape index (κ3) is 3.07. The monoisotopic (exact) mass is 263 g/mol. The zero-order valence-electron chi connectivity index (χ0n) is 11.8. The van der Waals surface area contributed by atoms with E-state index in [-0.39, 0.29) is 5.78 Å². The maximum absolute atomic E-state index is 12.5. The van der Waals surface area contributed by atoms with E-state index < -0.39 is 5.54 Å². The molecule has 1 aliphatic heterocycles. The van der Waals surface area contributed by atoms with Crippen molar-refractivity contribution in [2.75, 3.05) is 19.8 Å². The van der Waals surface area contributed by atoms with Gasteiger partial charge in [0, 0.05) is 12.0 Å². The Morgan fingerprint density at radius 2 is 1.95 bits per heavy atom. The number of ketones is 1. The van der Waals surface area contributed by atoms with Gasteiger partial charge in [0.15, 0.2) is 17.3 Å². The molecule has 1 N–H and O–H groups in total. The maximum atomic E-state index is 12.5. The van der Waals surface area contributed by atoms with Gasteiger partial charge in [0.05, 0.1) is 18.8 Å². The summed E-state index contributed by atoms with van der Waals surface area (Å²) in [5, 5.41) is 3.19. The Morgan fingerprint density at radius 3 is 2.63 bits per heavy atom. The Balaban J connectivity index is 2.26. The molecule has 19 heavy (non-hydrogen) atoms. The first-order chi connectivity index (χ1) is 9.04. The quantitative estimate of drug-likeness (QED) is 0.847. The van der Waals surface area contributed by atoms with Crippen molar-refractivity contribution in [2.45, 2.75) is 32.7 Å². The Morgan fingerprint density at radius 1 is 1.26 bits per heavy atom. The largest absolute Gasteiger partial charge is 0.490 e. The van der Waals surface area contributed by atoms with E-state index in [1.54, 1.807) is 12.1 Å². The fourth-order valence-corrected chi connectivity index (χ4v) is 2.19. The Kier molecular flexibility index (Phi) is 4.10. The molecule has 1 aromatic rings. The first kappa shape index (κ1) is 13.9. The third-order valence-electron chi connectivity index (χ3n) is 3.20. The number of carbonyl (C=O) groups excluding carboxylic acids is 1. The third-order valence-corrected chi connectivity index (χ3v) is 3.20. The highest BCUT2D eigenvalue weighted by Gasteiger charge is 2.28. The Bertz CT molecular complexity index is 468. The highest BCUT2D eigenvalue weighted by atomic mass is 16.5. The van der Waals surface area contributed by atoms with Gasteiger partial charge in [-0.3, -0.25) is 4.79 Å². The second-order valence-electron chi connectivity index (χ2n) is 5.20. The highest BCUT2D eigenvalue weighted by molar-refractivity contribution is 6.03. The number of carbonyl (C=O) groups is 1. The molecule has 0 aromatic heterocycles. The highest BCUT2D eigenvalue weighted by Crippen LogP contribution is 2.31. The number of fused-ring (bicyclic) bond motifs is 1. The van der Waals surface area contributed by atoms with Crippen molar-refractivity contribution in [2.24, 2.45) is 0 Å². The number of ether oxygens (including phenoxy) is 2. The molecule has 4 nitrogen and oxygen atoms in total. The van der Waals surface area contributed by atoms with Crippen LogP contribution in [0.2, 0.25) is 0 Å². The SMILES string of the molecule is CCNC(C)(C)C(=O)c1ccc2c(c1)OCCCO2. The summed E-state index contributed by atoms with van der Waals surface area (Å²) in [7, 11) is 0. The molecule has 4 heteroatoms. The van der Waals surface area contributed by atoms with Crippen LogP contribution in [0.25, 0.3) is 0 Å². The van der Waals surface area contributed by atoms with Crippen molar-refractivity contribution in [1.29, 1.82) is 0 Å². The first-order valence-electron chi connectivity index (χ1n) is 6.74. The van der Waals surface area contributed by atoms with Gasteiger partial charge >= 0.3 is 0 Å². The number of likely N-dealkylation sites (N-methyl/N-ethyl adjacent to an activating group) is 1. The summed E-state index contributed by atoms with van der Waals surface area (Å²) in [5.74, 6) is 1.44. The molecule has 0 fully saturated rings. The van der Waals surface area contributed by atoms with Crippen molar-refractivity contribution >= 4 is 5.78 Å². The molecule has 0 saturated carbocycles. The van der Waals surface area contributed by atoms with E-state index in [2.05, 4.69) is 5.32 Å². The molecule has 0 bridgehead atoms. The van der Waals surface area contributed by atoms with Crippen LogP contribution in [-0.4, -0.2) is 31.1 Å². The second kappa shape index (κ2) is 5.61. The fraction of sp³-hybridized carbons (Fsp3) is 0.533. The van der Waals surface area contributed by atoms with Crippen molar-refractivity contribution in [3.8, 4) is 11.5 Å². The predicted octanol–water partition coefficient (Wildman–Crippen LogP) is 2.42. The molecular weight excluding hydrogens is 242 g/mol. The van der Waals surface area contributed by atoms with Crippen LogP contribution >= 0.6 is 0 Å². The van der Waals surface area contributed by atoms with Gasteiger partial charge < -0.3 is 14.8 Å². The topological polar surface area (TPSA) is 47.6 Å². The molecule has 0 aliphatic carbocycles. The summed E-state index contributed by atoms with van der Waals surface area (Å²) >= 11 is 0. The molecule has 0 saturated heterocycles. The molecule has 104 valence electrons. The number of hydrogen-bond acceptors (Lipinski definition) is 4. The summed E-state index contributed by atoms with van der Waals surface area (Å²) in [6.07, 6.45) is 0.862. The lowest BCUT2D eigenvalue weighted by Gasteiger charge is -2.24. The summed E-state index contributed by atoms with van der Waals surface area (Å²) in [6, 6.07) is 5.40. The van der Waals surface area contributed by atoms with Crippen LogP contribution < -0.4 is 14.8 Å². The normalized spacial score (nSPS) is 14.9. The van der Waals surface area contributed by atoms with Crippen LogP contribution in [0.4, 0.5) is 0 Å². The zero-order chi connectivity index (χ0) is 13.9. The Labute approximate surface area is 114 Å². The smallest absolute Gasteiger partial charge is 0.182 e. The number of Topliss-reactive ketones (excluding diaryl/α,β-unsaturated/α-hetero) is 1. The zero-order valence-corrected chi connectivity index (χ0v) is 11.8. The molecule has 0 spiro atoms. The van der Waals surface area contributed by atoms with Crippen LogP contribution in [0.5, 0.6) is 11.5 Å². The fourth-order valence-electron chi connectivity index (χ4n) is 2.19. The molecular formula is C15H21NO3. The van der Waals surface area contributed by atoms with Gasteiger partial charge in [0.2, 0.25) is 0 Å². The molecule has 1 heterocycles. The lowest BCUT2D eigenvalue weighted by Crippen LogP contribution is -2.46. The van der Waals surface area contributed by atoms with Gasteiger partial charge in [0.1, 0.15) is 0 Å². The van der Waals surface area contributed by atoms with E-state index in [9.17, 15) is 4.79 Å². The van der Waals surface area contributed by atoms with Crippen molar-refractivity contribution in [3.05, 3.63) is 23.8 Å². The lowest BCUT2D eigenvalue weighted by atomic mass is 9.93. The van der Waals surface area contributed by atoms with E-state index in [0.29, 0.717) is 24.5 Å². The lowest BCUT2D eigenvalue weighted by molar-refractivity contribution is 0.0883. The molecule has 0 amide bonds. The minimum absolute atomic E-state index is 0.0602.